The van der Waals surface area contributed by atoms with Crippen LogP contribution in [0.1, 0.15) is 33.2 Å². The number of rotatable bonds is 2. The zero-order valence-corrected chi connectivity index (χ0v) is 11.0. The third-order valence-electron chi connectivity index (χ3n) is 2.53. The highest BCUT2D eigenvalue weighted by Crippen LogP contribution is 2.20. The van der Waals surface area contributed by atoms with E-state index in [0.29, 0.717) is 12.3 Å². The van der Waals surface area contributed by atoms with Crippen molar-refractivity contribution < 1.29 is 14.3 Å². The SMILES string of the molecule is CC(C)(C)OC(=O)Nc1cnn([C@@H]2CCOC2)c1. The zero-order chi connectivity index (χ0) is 13.2. The number of nitrogens with zero attached hydrogens (tertiary/aromatic N) is 2. The predicted molar refractivity (Wildman–Crippen MR) is 66.6 cm³/mol. The van der Waals surface area contributed by atoms with Crippen LogP contribution in [0.15, 0.2) is 12.4 Å². The average molecular weight is 253 g/mol. The van der Waals surface area contributed by atoms with Gasteiger partial charge in [-0.05, 0) is 27.2 Å². The summed E-state index contributed by atoms with van der Waals surface area (Å²) in [7, 11) is 0. The molecule has 100 valence electrons. The summed E-state index contributed by atoms with van der Waals surface area (Å²) in [6, 6.07) is 0.263. The van der Waals surface area contributed by atoms with E-state index in [-0.39, 0.29) is 6.04 Å². The quantitative estimate of drug-likeness (QED) is 0.877. The topological polar surface area (TPSA) is 65.4 Å². The van der Waals surface area contributed by atoms with Gasteiger partial charge in [0.25, 0.3) is 0 Å². The van der Waals surface area contributed by atoms with E-state index in [1.54, 1.807) is 12.4 Å². The molecule has 1 aromatic rings. The third kappa shape index (κ3) is 3.46. The van der Waals surface area contributed by atoms with Crippen LogP contribution in [-0.2, 0) is 9.47 Å². The Morgan fingerprint density at radius 2 is 2.39 bits per heavy atom. The molecule has 0 aromatic carbocycles. The lowest BCUT2D eigenvalue weighted by Gasteiger charge is -2.19. The van der Waals surface area contributed by atoms with Crippen LogP contribution in [0.4, 0.5) is 10.5 Å². The van der Waals surface area contributed by atoms with Crippen molar-refractivity contribution in [1.29, 1.82) is 0 Å². The normalized spacial score (nSPS) is 19.8. The smallest absolute Gasteiger partial charge is 0.412 e. The maximum absolute atomic E-state index is 11.6. The standard InChI is InChI=1S/C12H19N3O3/c1-12(2,3)18-11(16)14-9-6-13-15(7-9)10-4-5-17-8-10/h6-7,10H,4-5,8H2,1-3H3,(H,14,16)/t10-/m1/s1. The number of carbonyl (C=O) groups excluding carboxylic acids is 1. The molecule has 1 aliphatic heterocycles. The van der Waals surface area contributed by atoms with Gasteiger partial charge >= 0.3 is 6.09 Å². The molecule has 0 bridgehead atoms. The number of ether oxygens (including phenoxy) is 2. The molecule has 2 heterocycles. The average Bonchev–Trinajstić information content (AvgIpc) is 2.82. The van der Waals surface area contributed by atoms with E-state index in [2.05, 4.69) is 10.4 Å². The summed E-state index contributed by atoms with van der Waals surface area (Å²) in [5.41, 5.74) is 0.135. The van der Waals surface area contributed by atoms with Crippen molar-refractivity contribution in [3.05, 3.63) is 12.4 Å². The molecule has 6 nitrogen and oxygen atoms in total. The molecular formula is C12H19N3O3. The van der Waals surface area contributed by atoms with Crippen LogP contribution < -0.4 is 5.32 Å². The summed E-state index contributed by atoms with van der Waals surface area (Å²) in [6.07, 6.45) is 3.89. The summed E-state index contributed by atoms with van der Waals surface area (Å²) in [6.45, 7) is 6.91. The molecule has 1 N–H and O–H groups in total. The Kier molecular flexibility index (Phi) is 3.56. The monoisotopic (exact) mass is 253 g/mol. The summed E-state index contributed by atoms with van der Waals surface area (Å²) in [5, 5.41) is 6.87. The minimum atomic E-state index is -0.501. The lowest BCUT2D eigenvalue weighted by Crippen LogP contribution is -2.27. The predicted octanol–water partition coefficient (Wildman–Crippen LogP) is 2.19. The van der Waals surface area contributed by atoms with Gasteiger partial charge in [0.2, 0.25) is 0 Å². The molecule has 1 aromatic heterocycles. The molecule has 2 rings (SSSR count). The number of hydrogen-bond donors (Lipinski definition) is 1. The first-order valence-corrected chi connectivity index (χ1v) is 6.06. The molecule has 0 saturated carbocycles. The molecular weight excluding hydrogens is 234 g/mol. The van der Waals surface area contributed by atoms with Gasteiger partial charge in [-0.1, -0.05) is 0 Å². The highest BCUT2D eigenvalue weighted by molar-refractivity contribution is 5.84. The lowest BCUT2D eigenvalue weighted by atomic mass is 10.2. The van der Waals surface area contributed by atoms with Gasteiger partial charge in [-0.25, -0.2) is 4.79 Å². The van der Waals surface area contributed by atoms with Crippen molar-refractivity contribution in [2.45, 2.75) is 38.8 Å². The number of amides is 1. The number of carbonyl (C=O) groups is 1. The van der Waals surface area contributed by atoms with Crippen molar-refractivity contribution in [1.82, 2.24) is 9.78 Å². The van der Waals surface area contributed by atoms with E-state index in [1.807, 2.05) is 25.5 Å². The molecule has 1 saturated heterocycles. The molecule has 0 radical (unpaired) electrons. The summed E-state index contributed by atoms with van der Waals surface area (Å²) in [5.74, 6) is 0. The molecule has 1 atom stereocenters. The molecule has 1 aliphatic rings. The van der Waals surface area contributed by atoms with Gasteiger partial charge in [0, 0.05) is 12.8 Å². The maximum atomic E-state index is 11.6. The summed E-state index contributed by atoms with van der Waals surface area (Å²) in [4.78, 5) is 11.6. The van der Waals surface area contributed by atoms with Crippen molar-refractivity contribution >= 4 is 11.8 Å². The van der Waals surface area contributed by atoms with Gasteiger partial charge in [-0.15, -0.1) is 0 Å². The summed E-state index contributed by atoms with van der Waals surface area (Å²) >= 11 is 0. The maximum Gasteiger partial charge on any atom is 0.412 e. The van der Waals surface area contributed by atoms with Crippen LogP contribution in [0, 0.1) is 0 Å². The molecule has 0 unspecified atom stereocenters. The van der Waals surface area contributed by atoms with Crippen LogP contribution in [-0.4, -0.2) is 34.7 Å². The van der Waals surface area contributed by atoms with E-state index in [0.717, 1.165) is 13.0 Å². The second kappa shape index (κ2) is 4.97. The first-order chi connectivity index (χ1) is 8.44. The van der Waals surface area contributed by atoms with Gasteiger partial charge in [-0.3, -0.25) is 10.00 Å². The van der Waals surface area contributed by atoms with E-state index in [4.69, 9.17) is 9.47 Å². The van der Waals surface area contributed by atoms with Gasteiger partial charge in [-0.2, -0.15) is 5.10 Å². The Hall–Kier alpha value is -1.56. The zero-order valence-electron chi connectivity index (χ0n) is 11.0. The second-order valence-corrected chi connectivity index (χ2v) is 5.35. The summed E-state index contributed by atoms with van der Waals surface area (Å²) < 4.78 is 12.3. The minimum Gasteiger partial charge on any atom is -0.444 e. The van der Waals surface area contributed by atoms with Crippen LogP contribution in [0.25, 0.3) is 0 Å². The van der Waals surface area contributed by atoms with Gasteiger partial charge < -0.3 is 9.47 Å². The number of hydrogen-bond acceptors (Lipinski definition) is 4. The molecule has 1 fully saturated rings. The Bertz CT molecular complexity index is 416. The van der Waals surface area contributed by atoms with E-state index in [9.17, 15) is 4.79 Å². The number of anilines is 1. The fourth-order valence-corrected chi connectivity index (χ4v) is 1.75. The van der Waals surface area contributed by atoms with Gasteiger partial charge in [0.15, 0.2) is 0 Å². The van der Waals surface area contributed by atoms with Crippen LogP contribution >= 0.6 is 0 Å². The Morgan fingerprint density at radius 1 is 1.61 bits per heavy atom. The molecule has 1 amide bonds. The van der Waals surface area contributed by atoms with Gasteiger partial charge in [0.05, 0.1) is 24.5 Å². The van der Waals surface area contributed by atoms with Crippen molar-refractivity contribution in [3.8, 4) is 0 Å². The molecule has 0 aliphatic carbocycles. The Labute approximate surface area is 106 Å². The third-order valence-corrected chi connectivity index (χ3v) is 2.53. The Balaban J connectivity index is 1.92. The molecule has 0 spiro atoms. The van der Waals surface area contributed by atoms with Crippen LogP contribution in [0.5, 0.6) is 0 Å². The highest BCUT2D eigenvalue weighted by Gasteiger charge is 2.20. The largest absolute Gasteiger partial charge is 0.444 e. The van der Waals surface area contributed by atoms with Crippen molar-refractivity contribution in [3.63, 3.8) is 0 Å². The first kappa shape index (κ1) is 12.9. The first-order valence-electron chi connectivity index (χ1n) is 6.06. The number of nitrogens with one attached hydrogen (secondary N) is 1. The van der Waals surface area contributed by atoms with E-state index >= 15 is 0 Å². The van der Waals surface area contributed by atoms with Crippen molar-refractivity contribution in [2.24, 2.45) is 0 Å². The van der Waals surface area contributed by atoms with Crippen LogP contribution in [0.2, 0.25) is 0 Å². The lowest BCUT2D eigenvalue weighted by molar-refractivity contribution is 0.0636. The Morgan fingerprint density at radius 3 is 3.00 bits per heavy atom. The van der Waals surface area contributed by atoms with Crippen LogP contribution in [0.3, 0.4) is 0 Å². The fraction of sp³-hybridized carbons (Fsp3) is 0.667. The molecule has 6 heteroatoms. The van der Waals surface area contributed by atoms with E-state index < -0.39 is 11.7 Å². The second-order valence-electron chi connectivity index (χ2n) is 5.35. The number of aromatic nitrogens is 2. The van der Waals surface area contributed by atoms with Gasteiger partial charge in [0.1, 0.15) is 5.60 Å². The fourth-order valence-electron chi connectivity index (χ4n) is 1.75. The minimum absolute atomic E-state index is 0.263. The van der Waals surface area contributed by atoms with Crippen molar-refractivity contribution in [2.75, 3.05) is 18.5 Å². The molecule has 18 heavy (non-hydrogen) atoms. The van der Waals surface area contributed by atoms with E-state index in [1.165, 1.54) is 0 Å². The highest BCUT2D eigenvalue weighted by atomic mass is 16.6.